The van der Waals surface area contributed by atoms with Crippen LogP contribution in [0.3, 0.4) is 0 Å². The maximum absolute atomic E-state index is 13.0. The van der Waals surface area contributed by atoms with Crippen LogP contribution >= 0.6 is 23.2 Å². The summed E-state index contributed by atoms with van der Waals surface area (Å²) < 4.78 is 5.31. The SMILES string of the molecule is Cc1cccc(N2C(=O)C(Cl)=C(Nc3ccc(C(=O)Oc4ccccc4Cl)cc3)C2=O)c1C. The molecule has 1 aliphatic rings. The van der Waals surface area contributed by atoms with Crippen molar-refractivity contribution < 1.29 is 19.1 Å². The summed E-state index contributed by atoms with van der Waals surface area (Å²) in [5.41, 5.74) is 2.97. The van der Waals surface area contributed by atoms with Crippen molar-refractivity contribution in [2.45, 2.75) is 13.8 Å². The molecule has 0 bridgehead atoms. The van der Waals surface area contributed by atoms with Gasteiger partial charge in [0.1, 0.15) is 16.5 Å². The van der Waals surface area contributed by atoms with Gasteiger partial charge in [-0.05, 0) is 67.4 Å². The summed E-state index contributed by atoms with van der Waals surface area (Å²) >= 11 is 12.2. The minimum atomic E-state index is -0.599. The van der Waals surface area contributed by atoms with Gasteiger partial charge in [-0.15, -0.1) is 0 Å². The van der Waals surface area contributed by atoms with E-state index in [-0.39, 0.29) is 22.0 Å². The number of hydrogen-bond donors (Lipinski definition) is 1. The Kier molecular flexibility index (Phi) is 6.22. The van der Waals surface area contributed by atoms with Gasteiger partial charge in [-0.25, -0.2) is 9.69 Å². The van der Waals surface area contributed by atoms with Gasteiger partial charge >= 0.3 is 5.97 Å². The van der Waals surface area contributed by atoms with E-state index < -0.39 is 17.8 Å². The summed E-state index contributed by atoms with van der Waals surface area (Å²) in [6, 6.07) is 18.2. The van der Waals surface area contributed by atoms with Crippen LogP contribution in [0.15, 0.2) is 77.5 Å². The lowest BCUT2D eigenvalue weighted by Gasteiger charge is -2.18. The normalized spacial score (nSPS) is 13.5. The third kappa shape index (κ3) is 4.35. The Morgan fingerprint density at radius 1 is 0.879 bits per heavy atom. The van der Waals surface area contributed by atoms with Crippen LogP contribution in [0.2, 0.25) is 5.02 Å². The molecule has 4 rings (SSSR count). The number of anilines is 2. The van der Waals surface area contributed by atoms with Crippen LogP contribution < -0.4 is 15.0 Å². The van der Waals surface area contributed by atoms with Crippen molar-refractivity contribution in [1.82, 2.24) is 0 Å². The number of benzene rings is 3. The summed E-state index contributed by atoms with van der Waals surface area (Å²) in [5, 5.41) is 3.01. The maximum atomic E-state index is 13.0. The molecule has 1 heterocycles. The molecule has 2 amide bonds. The van der Waals surface area contributed by atoms with Crippen LogP contribution in [-0.2, 0) is 9.59 Å². The molecule has 0 unspecified atom stereocenters. The molecule has 33 heavy (non-hydrogen) atoms. The zero-order chi connectivity index (χ0) is 23.7. The highest BCUT2D eigenvalue weighted by molar-refractivity contribution is 6.53. The fourth-order valence-electron chi connectivity index (χ4n) is 3.33. The third-order valence-corrected chi connectivity index (χ3v) is 5.94. The molecule has 166 valence electrons. The number of ether oxygens (including phenoxy) is 1. The van der Waals surface area contributed by atoms with Gasteiger partial charge < -0.3 is 10.1 Å². The molecule has 0 fully saturated rings. The zero-order valence-corrected chi connectivity index (χ0v) is 19.2. The van der Waals surface area contributed by atoms with Gasteiger partial charge in [0.15, 0.2) is 0 Å². The third-order valence-electron chi connectivity index (χ3n) is 5.27. The minimum Gasteiger partial charge on any atom is -0.421 e. The summed E-state index contributed by atoms with van der Waals surface area (Å²) in [5.74, 6) is -1.48. The molecule has 6 nitrogen and oxygen atoms in total. The van der Waals surface area contributed by atoms with Gasteiger partial charge in [-0.2, -0.15) is 0 Å². The number of carbonyl (C=O) groups excluding carboxylic acids is 3. The molecule has 3 aromatic carbocycles. The highest BCUT2D eigenvalue weighted by atomic mass is 35.5. The van der Waals surface area contributed by atoms with Crippen molar-refractivity contribution in [3.63, 3.8) is 0 Å². The number of aryl methyl sites for hydroxylation is 1. The lowest BCUT2D eigenvalue weighted by atomic mass is 10.1. The van der Waals surface area contributed by atoms with Crippen molar-refractivity contribution in [2.24, 2.45) is 0 Å². The number of hydrogen-bond acceptors (Lipinski definition) is 5. The first-order chi connectivity index (χ1) is 15.8. The van der Waals surface area contributed by atoms with Gasteiger partial charge in [-0.1, -0.05) is 47.5 Å². The number of carbonyl (C=O) groups is 3. The highest BCUT2D eigenvalue weighted by Gasteiger charge is 2.39. The Bertz CT molecular complexity index is 1320. The zero-order valence-electron chi connectivity index (χ0n) is 17.7. The number of nitrogens with zero attached hydrogens (tertiary/aromatic N) is 1. The predicted octanol–water partition coefficient (Wildman–Crippen LogP) is 5.61. The Morgan fingerprint density at radius 2 is 1.58 bits per heavy atom. The van der Waals surface area contributed by atoms with E-state index in [1.165, 1.54) is 12.1 Å². The quantitative estimate of drug-likeness (QED) is 0.291. The predicted molar refractivity (Wildman–Crippen MR) is 128 cm³/mol. The van der Waals surface area contributed by atoms with Crippen molar-refractivity contribution in [1.29, 1.82) is 0 Å². The van der Waals surface area contributed by atoms with Crippen LogP contribution in [0.5, 0.6) is 5.75 Å². The van der Waals surface area contributed by atoms with E-state index >= 15 is 0 Å². The molecule has 0 aromatic heterocycles. The van der Waals surface area contributed by atoms with Crippen LogP contribution in [-0.4, -0.2) is 17.8 Å². The molecule has 0 atom stereocenters. The smallest absolute Gasteiger partial charge is 0.343 e. The fraction of sp³-hybridized carbons (Fsp3) is 0.0800. The number of esters is 1. The second kappa shape index (κ2) is 9.10. The summed E-state index contributed by atoms with van der Waals surface area (Å²) in [6.45, 7) is 3.74. The summed E-state index contributed by atoms with van der Waals surface area (Å²) in [6.07, 6.45) is 0. The van der Waals surface area contributed by atoms with Crippen molar-refractivity contribution in [2.75, 3.05) is 10.2 Å². The minimum absolute atomic E-state index is 0.0334. The second-order valence-corrected chi connectivity index (χ2v) is 8.16. The van der Waals surface area contributed by atoms with Crippen molar-refractivity contribution in [3.05, 3.63) is 99.2 Å². The first-order valence-corrected chi connectivity index (χ1v) is 10.7. The van der Waals surface area contributed by atoms with E-state index in [0.29, 0.717) is 16.4 Å². The molecule has 0 spiro atoms. The largest absolute Gasteiger partial charge is 0.421 e. The molecule has 0 radical (unpaired) electrons. The second-order valence-electron chi connectivity index (χ2n) is 7.38. The molecule has 0 aliphatic carbocycles. The van der Waals surface area contributed by atoms with Crippen LogP contribution in [0.4, 0.5) is 11.4 Å². The molecule has 0 saturated heterocycles. The van der Waals surface area contributed by atoms with E-state index in [1.54, 1.807) is 48.5 Å². The molecule has 1 N–H and O–H groups in total. The molecule has 1 aliphatic heterocycles. The van der Waals surface area contributed by atoms with Crippen LogP contribution in [0, 0.1) is 13.8 Å². The lowest BCUT2D eigenvalue weighted by Crippen LogP contribution is -2.33. The number of amides is 2. The van der Waals surface area contributed by atoms with E-state index in [1.807, 2.05) is 19.9 Å². The van der Waals surface area contributed by atoms with E-state index in [9.17, 15) is 14.4 Å². The Balaban J connectivity index is 1.51. The topological polar surface area (TPSA) is 75.7 Å². The molecule has 3 aromatic rings. The lowest BCUT2D eigenvalue weighted by molar-refractivity contribution is -0.120. The van der Waals surface area contributed by atoms with Gasteiger partial charge in [0.2, 0.25) is 0 Å². The Hall–Kier alpha value is -3.61. The Morgan fingerprint density at radius 3 is 2.27 bits per heavy atom. The average Bonchev–Trinajstić information content (AvgIpc) is 3.01. The van der Waals surface area contributed by atoms with Crippen LogP contribution in [0.1, 0.15) is 21.5 Å². The standard InChI is InChI=1S/C25H18Cl2N2O4/c1-14-6-5-8-19(15(14)2)29-23(30)21(27)22(24(29)31)28-17-12-10-16(11-13-17)25(32)33-20-9-4-3-7-18(20)26/h3-13,28H,1-2H3. The van der Waals surface area contributed by atoms with E-state index in [2.05, 4.69) is 5.32 Å². The number of halogens is 2. The molecular formula is C25H18Cl2N2O4. The number of para-hydroxylation sites is 1. The van der Waals surface area contributed by atoms with E-state index in [0.717, 1.165) is 16.0 Å². The van der Waals surface area contributed by atoms with Gasteiger partial charge in [-0.3, -0.25) is 9.59 Å². The van der Waals surface area contributed by atoms with Crippen LogP contribution in [0.25, 0.3) is 0 Å². The van der Waals surface area contributed by atoms with Gasteiger partial charge in [0.25, 0.3) is 11.8 Å². The number of imide groups is 1. The molecular weight excluding hydrogens is 463 g/mol. The average molecular weight is 481 g/mol. The Labute approximate surface area is 200 Å². The first kappa shape index (κ1) is 22.6. The van der Waals surface area contributed by atoms with E-state index in [4.69, 9.17) is 27.9 Å². The highest BCUT2D eigenvalue weighted by Crippen LogP contribution is 2.33. The molecule has 0 saturated carbocycles. The van der Waals surface area contributed by atoms with Gasteiger partial charge in [0.05, 0.1) is 16.3 Å². The first-order valence-electron chi connectivity index (χ1n) is 9.96. The number of rotatable bonds is 5. The monoisotopic (exact) mass is 480 g/mol. The van der Waals surface area contributed by atoms with Crippen molar-refractivity contribution in [3.8, 4) is 5.75 Å². The summed E-state index contributed by atoms with van der Waals surface area (Å²) in [7, 11) is 0. The van der Waals surface area contributed by atoms with Gasteiger partial charge in [0, 0.05) is 5.69 Å². The summed E-state index contributed by atoms with van der Waals surface area (Å²) in [4.78, 5) is 39.2. The molecule has 8 heteroatoms. The fourth-order valence-corrected chi connectivity index (χ4v) is 3.72. The van der Waals surface area contributed by atoms with Crippen molar-refractivity contribution >= 4 is 52.4 Å². The number of nitrogens with one attached hydrogen (secondary N) is 1. The maximum Gasteiger partial charge on any atom is 0.343 e.